The summed E-state index contributed by atoms with van der Waals surface area (Å²) in [4.78, 5) is 11.8. The number of thiocarbonyl (C=S) groups is 1. The van der Waals surface area contributed by atoms with Crippen LogP contribution >= 0.6 is 12.2 Å². The molecule has 1 rings (SSSR count). The van der Waals surface area contributed by atoms with E-state index in [1.54, 1.807) is 0 Å². The molecule has 1 aromatic rings. The fourth-order valence-corrected chi connectivity index (χ4v) is 2.18. The molecule has 0 aliphatic rings. The third-order valence-electron chi connectivity index (χ3n) is 1.83. The lowest BCUT2D eigenvalue weighted by Crippen LogP contribution is -2.44. The van der Waals surface area contributed by atoms with Crippen molar-refractivity contribution in [2.45, 2.75) is 5.75 Å². The highest BCUT2D eigenvalue weighted by Gasteiger charge is 2.12. The van der Waals surface area contributed by atoms with Gasteiger partial charge < -0.3 is 5.73 Å². The number of non-ortho nitro benzene ring substituents is 1. The van der Waals surface area contributed by atoms with E-state index in [9.17, 15) is 18.5 Å². The van der Waals surface area contributed by atoms with Crippen LogP contribution < -0.4 is 16.0 Å². The van der Waals surface area contributed by atoms with E-state index in [0.717, 1.165) is 0 Å². The Morgan fingerprint density at radius 1 is 1.39 bits per heavy atom. The Balaban J connectivity index is 2.72. The van der Waals surface area contributed by atoms with Crippen LogP contribution in [0.5, 0.6) is 0 Å². The Hall–Kier alpha value is -1.78. The smallest absolute Gasteiger partial charge is 0.269 e. The Kier molecular flexibility index (Phi) is 4.53. The number of benzene rings is 1. The lowest BCUT2D eigenvalue weighted by molar-refractivity contribution is -0.384. The molecule has 0 amide bonds. The van der Waals surface area contributed by atoms with Gasteiger partial charge in [-0.05, 0) is 17.8 Å². The van der Waals surface area contributed by atoms with Crippen LogP contribution in [0, 0.1) is 10.1 Å². The number of nitro groups is 1. The maximum absolute atomic E-state index is 11.5. The summed E-state index contributed by atoms with van der Waals surface area (Å²) < 4.78 is 23.0. The molecule has 0 heterocycles. The van der Waals surface area contributed by atoms with Gasteiger partial charge in [0, 0.05) is 12.1 Å². The van der Waals surface area contributed by atoms with Crippen molar-refractivity contribution in [3.63, 3.8) is 0 Å². The first-order valence-electron chi connectivity index (χ1n) is 4.58. The van der Waals surface area contributed by atoms with Crippen molar-refractivity contribution in [3.05, 3.63) is 39.9 Å². The van der Waals surface area contributed by atoms with Gasteiger partial charge >= 0.3 is 0 Å². The van der Waals surface area contributed by atoms with Crippen LogP contribution in [0.15, 0.2) is 24.3 Å². The van der Waals surface area contributed by atoms with E-state index in [-0.39, 0.29) is 16.6 Å². The quantitative estimate of drug-likeness (QED) is 0.388. The summed E-state index contributed by atoms with van der Waals surface area (Å²) in [7, 11) is -3.66. The van der Waals surface area contributed by atoms with Gasteiger partial charge in [0.2, 0.25) is 10.0 Å². The number of hydrogen-bond acceptors (Lipinski definition) is 5. The average molecular weight is 290 g/mol. The van der Waals surface area contributed by atoms with E-state index >= 15 is 0 Å². The van der Waals surface area contributed by atoms with E-state index < -0.39 is 14.9 Å². The summed E-state index contributed by atoms with van der Waals surface area (Å²) in [5.41, 5.74) is 7.46. The van der Waals surface area contributed by atoms with E-state index in [4.69, 9.17) is 5.73 Å². The van der Waals surface area contributed by atoms with E-state index in [0.29, 0.717) is 5.56 Å². The van der Waals surface area contributed by atoms with Crippen LogP contribution in [-0.2, 0) is 15.8 Å². The minimum Gasteiger partial charge on any atom is -0.375 e. The molecule has 0 atom stereocenters. The Labute approximate surface area is 108 Å². The van der Waals surface area contributed by atoms with Crippen molar-refractivity contribution in [1.29, 1.82) is 0 Å². The Bertz CT molecular complexity index is 555. The monoisotopic (exact) mass is 290 g/mol. The van der Waals surface area contributed by atoms with Crippen LogP contribution in [0.2, 0.25) is 0 Å². The molecule has 0 radical (unpaired) electrons. The molecule has 0 spiro atoms. The number of hydrogen-bond donors (Lipinski definition) is 3. The molecule has 0 aromatic heterocycles. The van der Waals surface area contributed by atoms with Gasteiger partial charge in [-0.15, -0.1) is 4.83 Å². The SMILES string of the molecule is NC(=S)NNS(=O)(=O)Cc1ccc([N+](=O)[O-])cc1. The van der Waals surface area contributed by atoms with Crippen molar-refractivity contribution in [3.8, 4) is 0 Å². The lowest BCUT2D eigenvalue weighted by Gasteiger charge is -2.07. The molecule has 0 saturated carbocycles. The van der Waals surface area contributed by atoms with Gasteiger partial charge in [0.25, 0.3) is 5.69 Å². The maximum atomic E-state index is 11.5. The minimum atomic E-state index is -3.66. The molecule has 18 heavy (non-hydrogen) atoms. The molecule has 8 nitrogen and oxygen atoms in total. The number of rotatable bonds is 5. The predicted octanol–water partition coefficient (Wildman–Crippen LogP) is -0.238. The number of nitrogens with two attached hydrogens (primary N) is 1. The normalized spacial score (nSPS) is 10.9. The van der Waals surface area contributed by atoms with Gasteiger partial charge in [0.1, 0.15) is 0 Å². The molecule has 98 valence electrons. The second-order valence-corrected chi connectivity index (χ2v) is 5.44. The molecule has 0 bridgehead atoms. The fraction of sp³-hybridized carbons (Fsp3) is 0.125. The van der Waals surface area contributed by atoms with Crippen LogP contribution in [0.3, 0.4) is 0 Å². The van der Waals surface area contributed by atoms with Crippen molar-refractivity contribution in [2.75, 3.05) is 0 Å². The standard InChI is InChI=1S/C8H10N4O4S2/c9-8(17)10-11-18(15,16)5-6-1-3-7(4-2-6)12(13)14/h1-4,11H,5H2,(H3,9,10,17). The van der Waals surface area contributed by atoms with Crippen LogP contribution in [0.4, 0.5) is 5.69 Å². The van der Waals surface area contributed by atoms with Crippen molar-refractivity contribution >= 4 is 33.0 Å². The largest absolute Gasteiger partial charge is 0.375 e. The zero-order chi connectivity index (χ0) is 13.8. The van der Waals surface area contributed by atoms with Gasteiger partial charge in [-0.25, -0.2) is 8.42 Å². The van der Waals surface area contributed by atoms with Crippen LogP contribution in [-0.4, -0.2) is 18.5 Å². The highest BCUT2D eigenvalue weighted by atomic mass is 32.2. The topological polar surface area (TPSA) is 127 Å². The highest BCUT2D eigenvalue weighted by molar-refractivity contribution is 7.88. The minimum absolute atomic E-state index is 0.106. The molecule has 10 heteroatoms. The van der Waals surface area contributed by atoms with Crippen molar-refractivity contribution in [2.24, 2.45) is 5.73 Å². The lowest BCUT2D eigenvalue weighted by atomic mass is 10.2. The van der Waals surface area contributed by atoms with Gasteiger partial charge in [0.05, 0.1) is 10.7 Å². The summed E-state index contributed by atoms with van der Waals surface area (Å²) in [6.07, 6.45) is 0. The molecule has 0 saturated heterocycles. The Morgan fingerprint density at radius 2 is 1.94 bits per heavy atom. The Morgan fingerprint density at radius 3 is 2.39 bits per heavy atom. The van der Waals surface area contributed by atoms with Gasteiger partial charge in [-0.2, -0.15) is 0 Å². The first-order chi connectivity index (χ1) is 8.30. The molecular formula is C8H10N4O4S2. The van der Waals surface area contributed by atoms with Gasteiger partial charge in [-0.1, -0.05) is 12.1 Å². The molecule has 0 unspecified atom stereocenters. The molecule has 0 aliphatic carbocycles. The van der Waals surface area contributed by atoms with Gasteiger partial charge in [-0.3, -0.25) is 15.5 Å². The number of nitro benzene ring substituents is 1. The second-order valence-electron chi connectivity index (χ2n) is 3.27. The summed E-state index contributed by atoms with van der Waals surface area (Å²) in [5.74, 6) is -0.347. The highest BCUT2D eigenvalue weighted by Crippen LogP contribution is 2.13. The molecular weight excluding hydrogens is 280 g/mol. The van der Waals surface area contributed by atoms with Crippen LogP contribution in [0.25, 0.3) is 0 Å². The van der Waals surface area contributed by atoms with E-state index in [2.05, 4.69) is 17.6 Å². The fourth-order valence-electron chi connectivity index (χ4n) is 1.10. The molecule has 4 N–H and O–H groups in total. The molecule has 1 aromatic carbocycles. The summed E-state index contributed by atoms with van der Waals surface area (Å²) in [6.45, 7) is 0. The summed E-state index contributed by atoms with van der Waals surface area (Å²) in [5, 5.41) is 10.2. The predicted molar refractivity (Wildman–Crippen MR) is 68.8 cm³/mol. The molecule has 0 aliphatic heterocycles. The second kappa shape index (κ2) is 5.71. The average Bonchev–Trinajstić information content (AvgIpc) is 2.27. The first-order valence-corrected chi connectivity index (χ1v) is 6.64. The molecule has 0 fully saturated rings. The third-order valence-corrected chi connectivity index (χ3v) is 3.06. The maximum Gasteiger partial charge on any atom is 0.269 e. The summed E-state index contributed by atoms with van der Waals surface area (Å²) >= 11 is 4.44. The van der Waals surface area contributed by atoms with E-state index in [1.165, 1.54) is 24.3 Å². The third kappa shape index (κ3) is 4.61. The van der Waals surface area contributed by atoms with Gasteiger partial charge in [0.15, 0.2) is 5.11 Å². The van der Waals surface area contributed by atoms with Crippen LogP contribution in [0.1, 0.15) is 5.56 Å². The van der Waals surface area contributed by atoms with Crippen molar-refractivity contribution < 1.29 is 13.3 Å². The summed E-state index contributed by atoms with van der Waals surface area (Å²) in [6, 6.07) is 5.17. The van der Waals surface area contributed by atoms with E-state index in [1.807, 2.05) is 4.83 Å². The zero-order valence-electron chi connectivity index (χ0n) is 8.99. The number of nitrogens with zero attached hydrogens (tertiary/aromatic N) is 1. The number of sulfonamides is 1. The first kappa shape index (κ1) is 14.3. The van der Waals surface area contributed by atoms with Crippen molar-refractivity contribution in [1.82, 2.24) is 10.3 Å². The zero-order valence-corrected chi connectivity index (χ0v) is 10.6. The number of nitrogens with one attached hydrogen (secondary N) is 2. The number of hydrazine groups is 1.